The van der Waals surface area contributed by atoms with Crippen molar-refractivity contribution in [1.82, 2.24) is 4.90 Å². The molecule has 3 heteroatoms. The van der Waals surface area contributed by atoms with Crippen LogP contribution in [0.1, 0.15) is 20.6 Å². The van der Waals surface area contributed by atoms with E-state index in [9.17, 15) is 0 Å². The summed E-state index contributed by atoms with van der Waals surface area (Å²) in [6.45, 7) is -10.6. The maximum atomic E-state index is 8.75. The van der Waals surface area contributed by atoms with Crippen LogP contribution in [0.3, 0.4) is 0 Å². The van der Waals surface area contributed by atoms with E-state index in [1.54, 1.807) is 24.3 Å². The monoisotopic (exact) mass is 294 g/mol. The number of benzene rings is 2. The van der Waals surface area contributed by atoms with Gasteiger partial charge in [-0.3, -0.25) is 0 Å². The molecule has 1 aliphatic rings. The fourth-order valence-corrected chi connectivity index (χ4v) is 3.27. The summed E-state index contributed by atoms with van der Waals surface area (Å²) in [7, 11) is 0. The van der Waals surface area contributed by atoms with E-state index in [0.717, 1.165) is 9.79 Å². The molecule has 2 aromatic rings. The molecule has 1 heterocycles. The van der Waals surface area contributed by atoms with Crippen LogP contribution in [-0.4, -0.2) is 31.4 Å². The van der Waals surface area contributed by atoms with Crippen LogP contribution in [0, 0.1) is 0 Å². The minimum Gasteiger partial charge on any atom is -0.338 e. The fraction of sp³-hybridized carbons (Fsp3) is 0.294. The first-order valence-electron chi connectivity index (χ1n) is 11.1. The second-order valence-corrected chi connectivity index (χ2v) is 5.49. The van der Waals surface area contributed by atoms with Crippen LogP contribution in [0.4, 0.5) is 11.4 Å². The third-order valence-corrected chi connectivity index (χ3v) is 4.24. The second-order valence-electron chi connectivity index (χ2n) is 4.41. The smallest absolute Gasteiger partial charge is 0.0553 e. The molecule has 0 aromatic heterocycles. The zero-order valence-corrected chi connectivity index (χ0v) is 11.4. The Labute approximate surface area is 139 Å². The highest BCUT2D eigenvalue weighted by Gasteiger charge is 2.24. The van der Waals surface area contributed by atoms with Crippen molar-refractivity contribution in [2.75, 3.05) is 25.4 Å². The molecule has 0 fully saturated rings. The summed E-state index contributed by atoms with van der Waals surface area (Å²) in [5.74, 6) is 0. The molecule has 0 amide bonds. The molecule has 1 atom stereocenters. The summed E-state index contributed by atoms with van der Waals surface area (Å²) in [4.78, 5) is 2.95. The zero-order valence-electron chi connectivity index (χ0n) is 20.6. The number of fused-ring (bicyclic) bond motifs is 2. The summed E-state index contributed by atoms with van der Waals surface area (Å²) >= 11 is 1.46. The van der Waals surface area contributed by atoms with Crippen molar-refractivity contribution in [3.8, 4) is 0 Å². The van der Waals surface area contributed by atoms with E-state index in [1.807, 2.05) is 24.3 Å². The van der Waals surface area contributed by atoms with Gasteiger partial charge in [-0.05, 0) is 45.1 Å². The fourth-order valence-electron chi connectivity index (χ4n) is 2.17. The molecule has 0 saturated heterocycles. The molecule has 20 heavy (non-hydrogen) atoms. The van der Waals surface area contributed by atoms with Crippen molar-refractivity contribution in [2.24, 2.45) is 0 Å². The van der Waals surface area contributed by atoms with Crippen LogP contribution in [-0.2, 0) is 0 Å². The Morgan fingerprint density at radius 3 is 2.25 bits per heavy atom. The first-order valence-corrected chi connectivity index (χ1v) is 6.92. The summed E-state index contributed by atoms with van der Waals surface area (Å²) in [6, 6.07) is 11.3. The van der Waals surface area contributed by atoms with Gasteiger partial charge in [0.15, 0.2) is 0 Å². The van der Waals surface area contributed by atoms with Gasteiger partial charge >= 0.3 is 0 Å². The van der Waals surface area contributed by atoms with E-state index in [-0.39, 0.29) is 4.90 Å². The molecule has 1 unspecified atom stereocenters. The Kier molecular flexibility index (Phi) is 1.69. The van der Waals surface area contributed by atoms with Gasteiger partial charge in [0.1, 0.15) is 0 Å². The van der Waals surface area contributed by atoms with Crippen LogP contribution in [0.2, 0.25) is 0 Å². The topological polar surface area (TPSA) is 6.48 Å². The van der Waals surface area contributed by atoms with E-state index in [1.165, 1.54) is 16.7 Å². The van der Waals surface area contributed by atoms with E-state index in [0.29, 0.717) is 11.4 Å². The lowest BCUT2D eigenvalue weighted by Gasteiger charge is -2.36. The molecular formula is C17H20N2S. The third-order valence-electron chi connectivity index (χ3n) is 3.11. The zero-order chi connectivity index (χ0) is 22.5. The first kappa shape index (κ1) is 6.12. The predicted molar refractivity (Wildman–Crippen MR) is 87.2 cm³/mol. The quantitative estimate of drug-likeness (QED) is 0.836. The molecule has 0 aliphatic carbocycles. The normalized spacial score (nSPS) is 25.8. The number of rotatable bonds is 3. The molecule has 104 valence electrons. The summed E-state index contributed by atoms with van der Waals surface area (Å²) < 4.78 is 78.7. The van der Waals surface area contributed by atoms with Crippen LogP contribution in [0.5, 0.6) is 0 Å². The van der Waals surface area contributed by atoms with Gasteiger partial charge in [0.25, 0.3) is 0 Å². The minimum atomic E-state index is -3.33. The van der Waals surface area contributed by atoms with Gasteiger partial charge in [-0.1, -0.05) is 36.0 Å². The Morgan fingerprint density at radius 2 is 1.70 bits per heavy atom. The largest absolute Gasteiger partial charge is 0.338 e. The van der Waals surface area contributed by atoms with E-state index >= 15 is 0 Å². The highest BCUT2D eigenvalue weighted by molar-refractivity contribution is 7.99. The first-order chi connectivity index (χ1) is 13.7. The maximum Gasteiger partial charge on any atom is 0.0553 e. The highest BCUT2D eigenvalue weighted by atomic mass is 32.2. The second kappa shape index (κ2) is 5.51. The number of nitrogens with zero attached hydrogens (tertiary/aromatic N) is 2. The van der Waals surface area contributed by atoms with Crippen LogP contribution in [0.15, 0.2) is 58.3 Å². The molecule has 0 spiro atoms. The summed E-state index contributed by atoms with van der Waals surface area (Å²) in [5, 5.41) is 0. The van der Waals surface area contributed by atoms with Gasteiger partial charge in [-0.25, -0.2) is 0 Å². The molecule has 0 bridgehead atoms. The lowest BCUT2D eigenvalue weighted by Crippen LogP contribution is -2.37. The van der Waals surface area contributed by atoms with Crippen molar-refractivity contribution in [3.05, 3.63) is 48.5 Å². The Balaban J connectivity index is 2.20. The average Bonchev–Trinajstić information content (AvgIpc) is 2.58. The Bertz CT molecular complexity index is 864. The van der Waals surface area contributed by atoms with Gasteiger partial charge in [0.05, 0.1) is 11.4 Å². The molecule has 2 aromatic carbocycles. The van der Waals surface area contributed by atoms with Crippen molar-refractivity contribution >= 4 is 23.1 Å². The molecule has 3 rings (SSSR count). The van der Waals surface area contributed by atoms with Gasteiger partial charge in [-0.15, -0.1) is 0 Å². The number of para-hydroxylation sites is 2. The number of anilines is 2. The molecule has 1 aliphatic heterocycles. The number of hydrogen-bond donors (Lipinski definition) is 0. The van der Waals surface area contributed by atoms with Crippen molar-refractivity contribution < 1.29 is 13.7 Å². The lowest BCUT2D eigenvalue weighted by molar-refractivity contribution is 0.319. The maximum absolute atomic E-state index is 8.75. The van der Waals surface area contributed by atoms with E-state index in [2.05, 4.69) is 0 Å². The minimum absolute atomic E-state index is 0.146. The number of hydrogen-bond acceptors (Lipinski definition) is 3. The SMILES string of the molecule is [2H]C([2H])([2H])N(C([2H])([2H])[2H])C([2H])(CN1c2ccccc2Sc2ccccc21)C([2H])([2H])[2H]. The Hall–Kier alpha value is -1.45. The third kappa shape index (κ3) is 2.43. The van der Waals surface area contributed by atoms with Gasteiger partial charge < -0.3 is 9.80 Å². The average molecular weight is 294 g/mol. The number of likely N-dealkylation sites (N-methyl/N-ethyl adjacent to an activating group) is 1. The van der Waals surface area contributed by atoms with Crippen LogP contribution >= 0.6 is 11.8 Å². The van der Waals surface area contributed by atoms with Crippen molar-refractivity contribution in [1.29, 1.82) is 0 Å². The lowest BCUT2D eigenvalue weighted by atomic mass is 10.2. The molecule has 0 N–H and O–H groups in total. The van der Waals surface area contributed by atoms with Crippen LogP contribution < -0.4 is 4.90 Å². The van der Waals surface area contributed by atoms with E-state index < -0.39 is 33.4 Å². The molecule has 0 radical (unpaired) electrons. The van der Waals surface area contributed by atoms with Gasteiger partial charge in [0, 0.05) is 36.1 Å². The summed E-state index contributed by atoms with van der Waals surface area (Å²) in [5.41, 5.74) is 1.16. The standard InChI is InChI=1S/C17H20N2S/c1-13(18(2)3)12-19-14-8-4-6-10-16(14)20-17-11-7-5-9-15(17)19/h4-11,13H,12H2,1-3H3/i1D3,2D3,3D3,13D. The highest BCUT2D eigenvalue weighted by Crippen LogP contribution is 2.47. The van der Waals surface area contributed by atoms with Gasteiger partial charge in [-0.2, -0.15) is 0 Å². The molecule has 0 saturated carbocycles. The predicted octanol–water partition coefficient (Wildman–Crippen LogP) is 4.24. The summed E-state index contributed by atoms with van der Waals surface area (Å²) in [6.07, 6.45) is 0. The Morgan fingerprint density at radius 1 is 1.10 bits per heavy atom. The van der Waals surface area contributed by atoms with E-state index in [4.69, 9.17) is 13.7 Å². The van der Waals surface area contributed by atoms with Crippen molar-refractivity contribution in [3.63, 3.8) is 0 Å². The molecular weight excluding hydrogens is 264 g/mol. The molecule has 2 nitrogen and oxygen atoms in total. The van der Waals surface area contributed by atoms with Crippen molar-refractivity contribution in [2.45, 2.75) is 22.7 Å². The van der Waals surface area contributed by atoms with Crippen LogP contribution in [0.25, 0.3) is 0 Å². The van der Waals surface area contributed by atoms with Gasteiger partial charge in [0.2, 0.25) is 0 Å².